The molecule has 0 aromatic carbocycles. The van der Waals surface area contributed by atoms with Crippen LogP contribution in [0.5, 0.6) is 0 Å². The molecule has 148 valence electrons. The highest BCUT2D eigenvalue weighted by atomic mass is 16.7. The maximum Gasteiger partial charge on any atom is 0.311 e. The van der Waals surface area contributed by atoms with Crippen molar-refractivity contribution in [1.29, 1.82) is 0 Å². The molecule has 2 saturated heterocycles. The lowest BCUT2D eigenvalue weighted by molar-refractivity contribution is -0.271. The molecule has 3 aliphatic rings. The smallest absolute Gasteiger partial charge is 0.311 e. The van der Waals surface area contributed by atoms with Crippen molar-refractivity contribution in [3.63, 3.8) is 0 Å². The summed E-state index contributed by atoms with van der Waals surface area (Å²) in [6.07, 6.45) is 3.84. The summed E-state index contributed by atoms with van der Waals surface area (Å²) < 4.78 is 17.4. The van der Waals surface area contributed by atoms with Gasteiger partial charge in [-0.1, -0.05) is 56.4 Å². The molecule has 0 unspecified atom stereocenters. The Morgan fingerprint density at radius 1 is 1.33 bits per heavy atom. The predicted molar refractivity (Wildman–Crippen MR) is 103 cm³/mol. The summed E-state index contributed by atoms with van der Waals surface area (Å²) in [7, 11) is 0. The van der Waals surface area contributed by atoms with Gasteiger partial charge in [-0.3, -0.25) is 4.79 Å². The first-order valence-electron chi connectivity index (χ1n) is 9.55. The van der Waals surface area contributed by atoms with Crippen LogP contribution in [0.3, 0.4) is 0 Å². The summed E-state index contributed by atoms with van der Waals surface area (Å²) in [5, 5.41) is 11.1. The third-order valence-electron chi connectivity index (χ3n) is 6.02. The number of rotatable bonds is 2. The zero-order chi connectivity index (χ0) is 19.9. The summed E-state index contributed by atoms with van der Waals surface area (Å²) >= 11 is 0. The molecule has 0 saturated carbocycles. The summed E-state index contributed by atoms with van der Waals surface area (Å²) in [4.78, 5) is 12.6. The molecule has 0 spiro atoms. The van der Waals surface area contributed by atoms with Crippen molar-refractivity contribution in [3.05, 3.63) is 48.6 Å². The average molecular weight is 374 g/mol. The lowest BCUT2D eigenvalue weighted by atomic mass is 9.83. The summed E-state index contributed by atoms with van der Waals surface area (Å²) in [5.41, 5.74) is 2.66. The van der Waals surface area contributed by atoms with Crippen LogP contribution in [0.15, 0.2) is 48.6 Å². The van der Waals surface area contributed by atoms with Gasteiger partial charge < -0.3 is 19.3 Å². The van der Waals surface area contributed by atoms with Gasteiger partial charge in [0.25, 0.3) is 0 Å². The Balaban J connectivity index is 1.89. The van der Waals surface area contributed by atoms with E-state index in [9.17, 15) is 9.90 Å². The molecular formula is C22H30O5. The molecule has 5 nitrogen and oxygen atoms in total. The van der Waals surface area contributed by atoms with Crippen LogP contribution in [0.1, 0.15) is 40.0 Å². The van der Waals surface area contributed by atoms with E-state index in [-0.39, 0.29) is 36.6 Å². The second kappa shape index (κ2) is 7.38. The summed E-state index contributed by atoms with van der Waals surface area (Å²) in [6.45, 7) is 17.8. The summed E-state index contributed by atoms with van der Waals surface area (Å²) in [5.74, 6) is -2.58. The van der Waals surface area contributed by atoms with Gasteiger partial charge >= 0.3 is 5.97 Å². The van der Waals surface area contributed by atoms with Gasteiger partial charge in [-0.15, -0.1) is 0 Å². The molecule has 0 aromatic rings. The second-order valence-electron chi connectivity index (χ2n) is 8.21. The molecule has 7 atom stereocenters. The molecule has 0 amide bonds. The predicted octanol–water partition coefficient (Wildman–Crippen LogP) is 3.45. The van der Waals surface area contributed by atoms with Crippen LogP contribution in [0.25, 0.3) is 0 Å². The van der Waals surface area contributed by atoms with Gasteiger partial charge in [-0.25, -0.2) is 0 Å². The first-order chi connectivity index (χ1) is 12.6. The molecule has 27 heavy (non-hydrogen) atoms. The zero-order valence-electron chi connectivity index (χ0n) is 16.4. The fourth-order valence-electron chi connectivity index (χ4n) is 3.73. The molecule has 0 aliphatic carbocycles. The van der Waals surface area contributed by atoms with Crippen LogP contribution in [-0.4, -0.2) is 41.3 Å². The first kappa shape index (κ1) is 20.1. The van der Waals surface area contributed by atoms with Crippen molar-refractivity contribution in [1.82, 2.24) is 0 Å². The highest BCUT2D eigenvalue weighted by Crippen LogP contribution is 2.44. The fraction of sp³-hybridized carbons (Fsp3) is 0.591. The van der Waals surface area contributed by atoms with Gasteiger partial charge in [-0.2, -0.15) is 0 Å². The molecular weight excluding hydrogens is 344 g/mol. The number of carbonyl (C=O) groups excluding carboxylic acids is 1. The normalized spacial score (nSPS) is 41.9. The maximum atomic E-state index is 12.6. The Hall–Kier alpha value is -1.69. The number of hydrogen-bond acceptors (Lipinski definition) is 5. The topological polar surface area (TPSA) is 68.3 Å². The second-order valence-corrected chi connectivity index (χ2v) is 8.21. The van der Waals surface area contributed by atoms with Gasteiger partial charge in [0.2, 0.25) is 0 Å². The van der Waals surface area contributed by atoms with Gasteiger partial charge in [0.15, 0.2) is 5.79 Å². The van der Waals surface area contributed by atoms with E-state index in [1.165, 1.54) is 0 Å². The van der Waals surface area contributed by atoms with Crippen LogP contribution < -0.4 is 0 Å². The van der Waals surface area contributed by atoms with E-state index in [1.54, 1.807) is 0 Å². The molecule has 3 rings (SSSR count). The van der Waals surface area contributed by atoms with Gasteiger partial charge in [0.05, 0.1) is 12.2 Å². The van der Waals surface area contributed by atoms with Gasteiger partial charge in [0.1, 0.15) is 18.6 Å². The lowest BCUT2D eigenvalue weighted by Crippen LogP contribution is -2.51. The van der Waals surface area contributed by atoms with E-state index in [2.05, 4.69) is 19.7 Å². The fourth-order valence-corrected chi connectivity index (χ4v) is 3.73. The number of fused-ring (bicyclic) bond motifs is 4. The lowest BCUT2D eigenvalue weighted by Gasteiger charge is -2.42. The number of esters is 1. The van der Waals surface area contributed by atoms with E-state index in [1.807, 2.05) is 32.9 Å². The van der Waals surface area contributed by atoms with Crippen LogP contribution in [0.4, 0.5) is 0 Å². The number of carbonyl (C=O) groups is 1. The van der Waals surface area contributed by atoms with Crippen molar-refractivity contribution in [2.45, 2.75) is 70.2 Å². The number of aliphatic hydroxyl groups is 1. The molecule has 3 heterocycles. The molecule has 2 bridgehead atoms. The highest BCUT2D eigenvalue weighted by Gasteiger charge is 2.53. The molecule has 3 aliphatic heterocycles. The molecule has 5 heteroatoms. The van der Waals surface area contributed by atoms with Crippen molar-refractivity contribution in [2.75, 3.05) is 0 Å². The number of hydrogen-bond donors (Lipinski definition) is 1. The molecule has 2 fully saturated rings. The monoisotopic (exact) mass is 374 g/mol. The Morgan fingerprint density at radius 2 is 2.04 bits per heavy atom. The minimum atomic E-state index is -1.64. The molecule has 0 aromatic heterocycles. The Kier molecular flexibility index (Phi) is 5.48. The third kappa shape index (κ3) is 4.26. The Bertz CT molecular complexity index is 693. The SMILES string of the molecule is C=C1/C=C/[C@@H]([C@H](C)C(=C)C)OC(=O)C[C@]2(O)O[C@@H](CC(=C)[C@H]2C)[C@@H]2O[C@@H]2C1. The minimum absolute atomic E-state index is 0.00647. The zero-order valence-corrected chi connectivity index (χ0v) is 16.4. The van der Waals surface area contributed by atoms with Crippen molar-refractivity contribution in [3.8, 4) is 0 Å². The molecule has 1 N–H and O–H groups in total. The quantitative estimate of drug-likeness (QED) is 0.455. The average Bonchev–Trinajstić information content (AvgIpc) is 3.33. The van der Waals surface area contributed by atoms with Crippen molar-refractivity contribution in [2.24, 2.45) is 11.8 Å². The standard InChI is InChI=1S/C22H30O5/c1-12(2)15(5)17-8-7-13(3)9-18-21(26-18)19-10-14(4)16(6)22(24,27-19)11-20(23)25-17/h7-8,15-19,21,24H,1,3-4,9-11H2,2,5-6H3/b8-7+/t15-,16-,17+,18-,19+,21-,22+/m1/s1. The third-order valence-corrected chi connectivity index (χ3v) is 6.02. The highest BCUT2D eigenvalue weighted by molar-refractivity contribution is 5.71. The van der Waals surface area contributed by atoms with Crippen molar-refractivity contribution < 1.29 is 24.1 Å². The Morgan fingerprint density at radius 3 is 2.70 bits per heavy atom. The van der Waals surface area contributed by atoms with Gasteiger partial charge in [-0.05, 0) is 19.4 Å². The number of epoxide rings is 1. The number of ether oxygens (including phenoxy) is 3. The van der Waals surface area contributed by atoms with Crippen molar-refractivity contribution >= 4 is 5.97 Å². The first-order valence-corrected chi connectivity index (χ1v) is 9.55. The van der Waals surface area contributed by atoms with E-state index < -0.39 is 17.9 Å². The largest absolute Gasteiger partial charge is 0.457 e. The van der Waals surface area contributed by atoms with Crippen LogP contribution >= 0.6 is 0 Å². The Labute approximate surface area is 161 Å². The maximum absolute atomic E-state index is 12.6. The van der Waals surface area contributed by atoms with Crippen LogP contribution in [-0.2, 0) is 19.0 Å². The van der Waals surface area contributed by atoms with E-state index in [0.717, 1.165) is 16.7 Å². The van der Waals surface area contributed by atoms with Gasteiger partial charge in [0, 0.05) is 18.3 Å². The minimum Gasteiger partial charge on any atom is -0.457 e. The summed E-state index contributed by atoms with van der Waals surface area (Å²) in [6, 6.07) is 0. The van der Waals surface area contributed by atoms with E-state index >= 15 is 0 Å². The van der Waals surface area contributed by atoms with E-state index in [0.29, 0.717) is 12.8 Å². The number of cyclic esters (lactones) is 1. The van der Waals surface area contributed by atoms with E-state index in [4.69, 9.17) is 14.2 Å². The molecule has 0 radical (unpaired) electrons. The number of allylic oxidation sites excluding steroid dienone is 1. The van der Waals surface area contributed by atoms with Crippen LogP contribution in [0.2, 0.25) is 0 Å². The van der Waals surface area contributed by atoms with Crippen LogP contribution in [0, 0.1) is 11.8 Å².